The van der Waals surface area contributed by atoms with Gasteiger partial charge in [0.1, 0.15) is 0 Å². The van der Waals surface area contributed by atoms with Crippen LogP contribution in [0.15, 0.2) is 0 Å². The molecule has 0 bridgehead atoms. The molecule has 0 spiro atoms. The predicted octanol–water partition coefficient (Wildman–Crippen LogP) is 0.442. The number of hydrogen-bond acceptors (Lipinski definition) is 4. The fourth-order valence-corrected chi connectivity index (χ4v) is 2.39. The van der Waals surface area contributed by atoms with Crippen LogP contribution in [0.3, 0.4) is 0 Å². The summed E-state index contributed by atoms with van der Waals surface area (Å²) in [5.41, 5.74) is 2.61. The van der Waals surface area contributed by atoms with E-state index in [1.54, 1.807) is 6.92 Å². The van der Waals surface area contributed by atoms with E-state index in [0.717, 1.165) is 18.8 Å². The maximum Gasteiger partial charge on any atom is 0.151 e. The summed E-state index contributed by atoms with van der Waals surface area (Å²) in [5.74, 6) is 6.18. The molecule has 1 rings (SSSR count). The molecule has 2 unspecified atom stereocenters. The van der Waals surface area contributed by atoms with Crippen molar-refractivity contribution < 1.29 is 8.42 Å². The lowest BCUT2D eigenvalue weighted by Crippen LogP contribution is -2.45. The van der Waals surface area contributed by atoms with Crippen LogP contribution < -0.4 is 11.3 Å². The Morgan fingerprint density at radius 2 is 2.07 bits per heavy atom. The normalized spacial score (nSPS) is 21.9. The number of hydrogen-bond donors (Lipinski definition) is 2. The van der Waals surface area contributed by atoms with Crippen molar-refractivity contribution in [2.75, 3.05) is 6.26 Å². The molecule has 1 saturated carbocycles. The molecule has 0 aromatic carbocycles. The highest BCUT2D eigenvalue weighted by Crippen LogP contribution is 2.34. The molecule has 14 heavy (non-hydrogen) atoms. The highest BCUT2D eigenvalue weighted by Gasteiger charge is 2.28. The summed E-state index contributed by atoms with van der Waals surface area (Å²) in [6.07, 6.45) is 5.80. The second-order valence-corrected chi connectivity index (χ2v) is 6.73. The van der Waals surface area contributed by atoms with E-state index >= 15 is 0 Å². The minimum absolute atomic E-state index is 0.106. The van der Waals surface area contributed by atoms with Crippen LogP contribution in [0.1, 0.15) is 32.6 Å². The zero-order valence-corrected chi connectivity index (χ0v) is 9.68. The van der Waals surface area contributed by atoms with Gasteiger partial charge in [0.25, 0.3) is 0 Å². The molecule has 0 amide bonds. The molecule has 0 heterocycles. The van der Waals surface area contributed by atoms with Crippen LogP contribution in [-0.4, -0.2) is 26.0 Å². The molecule has 0 saturated heterocycles. The van der Waals surface area contributed by atoms with Gasteiger partial charge in [-0.25, -0.2) is 8.42 Å². The first kappa shape index (κ1) is 11.9. The topological polar surface area (TPSA) is 72.2 Å². The first-order chi connectivity index (χ1) is 6.45. The molecular weight excluding hydrogens is 200 g/mol. The van der Waals surface area contributed by atoms with E-state index in [2.05, 4.69) is 5.43 Å². The Morgan fingerprint density at radius 1 is 1.50 bits per heavy atom. The summed E-state index contributed by atoms with van der Waals surface area (Å²) in [6, 6.07) is -0.106. The highest BCUT2D eigenvalue weighted by atomic mass is 32.2. The molecule has 4 nitrogen and oxygen atoms in total. The van der Waals surface area contributed by atoms with Crippen LogP contribution in [0.25, 0.3) is 0 Å². The van der Waals surface area contributed by atoms with Gasteiger partial charge >= 0.3 is 0 Å². The molecule has 0 aromatic heterocycles. The monoisotopic (exact) mass is 220 g/mol. The molecule has 5 heteroatoms. The smallest absolute Gasteiger partial charge is 0.151 e. The van der Waals surface area contributed by atoms with Gasteiger partial charge in [0.05, 0.1) is 5.25 Å². The van der Waals surface area contributed by atoms with E-state index in [1.165, 1.54) is 19.1 Å². The third-order valence-corrected chi connectivity index (χ3v) is 4.72. The summed E-state index contributed by atoms with van der Waals surface area (Å²) in [7, 11) is -2.98. The predicted molar refractivity (Wildman–Crippen MR) is 57.4 cm³/mol. The number of sulfone groups is 1. The molecule has 0 radical (unpaired) electrons. The molecule has 2 atom stereocenters. The lowest BCUT2D eigenvalue weighted by Gasteiger charge is -2.21. The average Bonchev–Trinajstić information content (AvgIpc) is 2.87. The maximum atomic E-state index is 11.3. The minimum Gasteiger partial charge on any atom is -0.271 e. The Balaban J connectivity index is 2.42. The molecule has 1 fully saturated rings. The summed E-state index contributed by atoms with van der Waals surface area (Å²) < 4.78 is 22.6. The van der Waals surface area contributed by atoms with Gasteiger partial charge in [-0.15, -0.1) is 0 Å². The van der Waals surface area contributed by atoms with Gasteiger partial charge in [-0.05, 0) is 25.7 Å². The van der Waals surface area contributed by atoms with Crippen LogP contribution in [-0.2, 0) is 9.84 Å². The lowest BCUT2D eigenvalue weighted by atomic mass is 10.1. The van der Waals surface area contributed by atoms with Crippen molar-refractivity contribution in [3.8, 4) is 0 Å². The van der Waals surface area contributed by atoms with E-state index in [4.69, 9.17) is 5.84 Å². The quantitative estimate of drug-likeness (QED) is 0.503. The van der Waals surface area contributed by atoms with Crippen LogP contribution in [0.2, 0.25) is 0 Å². The lowest BCUT2D eigenvalue weighted by molar-refractivity contribution is 0.447. The van der Waals surface area contributed by atoms with Gasteiger partial charge in [0.2, 0.25) is 0 Å². The Labute approximate surface area is 86.1 Å². The standard InChI is InChI=1S/C9H20N2O2S/c1-7(14(2,12)13)9(11-10)6-5-8-3-4-8/h7-9,11H,3-6,10H2,1-2H3. The largest absolute Gasteiger partial charge is 0.271 e. The van der Waals surface area contributed by atoms with Crippen molar-refractivity contribution in [2.24, 2.45) is 11.8 Å². The third kappa shape index (κ3) is 3.55. The van der Waals surface area contributed by atoms with Crippen molar-refractivity contribution in [2.45, 2.75) is 43.9 Å². The number of nitrogens with two attached hydrogens (primary N) is 1. The van der Waals surface area contributed by atoms with Gasteiger partial charge in [0.15, 0.2) is 9.84 Å². The third-order valence-electron chi connectivity index (χ3n) is 3.04. The molecule has 1 aliphatic carbocycles. The van der Waals surface area contributed by atoms with Crippen LogP contribution in [0.4, 0.5) is 0 Å². The van der Waals surface area contributed by atoms with Crippen LogP contribution >= 0.6 is 0 Å². The Hall–Kier alpha value is -0.130. The van der Waals surface area contributed by atoms with Gasteiger partial charge in [-0.2, -0.15) is 0 Å². The molecule has 0 aliphatic heterocycles. The summed E-state index contributed by atoms with van der Waals surface area (Å²) in [6.45, 7) is 1.72. The van der Waals surface area contributed by atoms with Gasteiger partial charge in [-0.3, -0.25) is 11.3 Å². The second-order valence-electron chi connectivity index (χ2n) is 4.33. The second kappa shape index (κ2) is 4.59. The van der Waals surface area contributed by atoms with Gasteiger partial charge in [0, 0.05) is 12.3 Å². The van der Waals surface area contributed by atoms with Crippen molar-refractivity contribution in [3.05, 3.63) is 0 Å². The van der Waals surface area contributed by atoms with E-state index < -0.39 is 15.1 Å². The zero-order valence-electron chi connectivity index (χ0n) is 8.86. The molecule has 84 valence electrons. The summed E-state index contributed by atoms with van der Waals surface area (Å²) >= 11 is 0. The maximum absolute atomic E-state index is 11.3. The zero-order chi connectivity index (χ0) is 10.8. The van der Waals surface area contributed by atoms with Gasteiger partial charge < -0.3 is 0 Å². The summed E-state index contributed by atoms with van der Waals surface area (Å²) in [5, 5.41) is -0.397. The minimum atomic E-state index is -2.98. The SMILES string of the molecule is CC(C(CCC1CC1)NN)S(C)(=O)=O. The molecule has 0 aromatic rings. The van der Waals surface area contributed by atoms with E-state index in [1.807, 2.05) is 0 Å². The van der Waals surface area contributed by atoms with Crippen molar-refractivity contribution >= 4 is 9.84 Å². The van der Waals surface area contributed by atoms with Crippen molar-refractivity contribution in [3.63, 3.8) is 0 Å². The van der Waals surface area contributed by atoms with Crippen molar-refractivity contribution in [1.82, 2.24) is 5.43 Å². The van der Waals surface area contributed by atoms with Crippen LogP contribution in [0, 0.1) is 5.92 Å². The summed E-state index contributed by atoms with van der Waals surface area (Å²) in [4.78, 5) is 0. The number of rotatable bonds is 6. The first-order valence-corrected chi connectivity index (χ1v) is 7.05. The number of nitrogens with one attached hydrogen (secondary N) is 1. The number of hydrazine groups is 1. The highest BCUT2D eigenvalue weighted by molar-refractivity contribution is 7.91. The Bertz CT molecular complexity index is 273. The molecule has 3 N–H and O–H groups in total. The Kier molecular flexibility index (Phi) is 3.92. The van der Waals surface area contributed by atoms with Gasteiger partial charge in [-0.1, -0.05) is 12.8 Å². The fraction of sp³-hybridized carbons (Fsp3) is 1.00. The average molecular weight is 220 g/mol. The molecular formula is C9H20N2O2S. The van der Waals surface area contributed by atoms with Crippen molar-refractivity contribution in [1.29, 1.82) is 0 Å². The van der Waals surface area contributed by atoms with E-state index in [0.29, 0.717) is 0 Å². The van der Waals surface area contributed by atoms with Crippen LogP contribution in [0.5, 0.6) is 0 Å². The van der Waals surface area contributed by atoms with E-state index in [-0.39, 0.29) is 6.04 Å². The Morgan fingerprint density at radius 3 is 2.43 bits per heavy atom. The fourth-order valence-electron chi connectivity index (χ4n) is 1.57. The van der Waals surface area contributed by atoms with E-state index in [9.17, 15) is 8.42 Å². The first-order valence-electron chi connectivity index (χ1n) is 5.10. The molecule has 1 aliphatic rings.